The Kier molecular flexibility index (Phi) is 3.97. The number of hydrogen-bond acceptors (Lipinski definition) is 2. The minimum atomic E-state index is -0.258. The van der Waals surface area contributed by atoms with Gasteiger partial charge in [0.2, 0.25) is 5.91 Å². The van der Waals surface area contributed by atoms with Gasteiger partial charge in [-0.25, -0.2) is 4.39 Å². The third-order valence-electron chi connectivity index (χ3n) is 3.46. The van der Waals surface area contributed by atoms with Gasteiger partial charge in [-0.05, 0) is 55.5 Å². The Morgan fingerprint density at radius 2 is 2.17 bits per heavy atom. The van der Waals surface area contributed by atoms with Crippen molar-refractivity contribution in [1.29, 1.82) is 0 Å². The molecular weight excluding hydrogens is 231 g/mol. The second kappa shape index (κ2) is 5.48. The average molecular weight is 250 g/mol. The second-order valence-electron chi connectivity index (χ2n) is 4.73. The van der Waals surface area contributed by atoms with E-state index in [1.54, 1.807) is 0 Å². The topological polar surface area (TPSA) is 55.1 Å². The first-order valence-electron chi connectivity index (χ1n) is 6.50. The van der Waals surface area contributed by atoms with Crippen LogP contribution in [-0.4, -0.2) is 12.5 Å². The Hall–Kier alpha value is -1.42. The number of nitrogens with two attached hydrogens (primary N) is 1. The molecule has 0 aliphatic carbocycles. The molecule has 0 saturated heterocycles. The molecule has 1 aromatic rings. The van der Waals surface area contributed by atoms with Crippen LogP contribution in [-0.2, 0) is 11.2 Å². The van der Waals surface area contributed by atoms with E-state index in [0.717, 1.165) is 36.1 Å². The van der Waals surface area contributed by atoms with E-state index in [2.05, 4.69) is 5.32 Å². The molecule has 0 spiro atoms. The van der Waals surface area contributed by atoms with Gasteiger partial charge in [-0.15, -0.1) is 0 Å². The van der Waals surface area contributed by atoms with Crippen molar-refractivity contribution in [3.63, 3.8) is 0 Å². The summed E-state index contributed by atoms with van der Waals surface area (Å²) >= 11 is 0. The summed E-state index contributed by atoms with van der Waals surface area (Å²) in [6, 6.07) is 3.00. The van der Waals surface area contributed by atoms with Gasteiger partial charge >= 0.3 is 0 Å². The van der Waals surface area contributed by atoms with Gasteiger partial charge in [0.15, 0.2) is 0 Å². The average Bonchev–Trinajstić information content (AvgIpc) is 2.65. The molecule has 3 nitrogen and oxygen atoms in total. The van der Waals surface area contributed by atoms with Gasteiger partial charge in [0.25, 0.3) is 0 Å². The molecule has 0 radical (unpaired) electrons. The number of anilines is 1. The van der Waals surface area contributed by atoms with Crippen molar-refractivity contribution in [3.05, 3.63) is 29.1 Å². The van der Waals surface area contributed by atoms with Crippen LogP contribution < -0.4 is 11.1 Å². The number of aryl methyl sites for hydroxylation is 1. The van der Waals surface area contributed by atoms with Crippen LogP contribution in [0.5, 0.6) is 0 Å². The minimum absolute atomic E-state index is 0.0156. The number of amides is 1. The van der Waals surface area contributed by atoms with Gasteiger partial charge in [-0.2, -0.15) is 0 Å². The number of nitrogens with one attached hydrogen (secondary N) is 1. The fourth-order valence-corrected chi connectivity index (χ4v) is 2.53. The molecule has 1 aliphatic rings. The fourth-order valence-electron chi connectivity index (χ4n) is 2.53. The minimum Gasteiger partial charge on any atom is -0.330 e. The molecule has 0 aromatic heterocycles. The molecule has 2 rings (SSSR count). The summed E-state index contributed by atoms with van der Waals surface area (Å²) in [5, 5.41) is 2.88. The Morgan fingerprint density at radius 3 is 2.83 bits per heavy atom. The van der Waals surface area contributed by atoms with E-state index >= 15 is 0 Å². The second-order valence-corrected chi connectivity index (χ2v) is 4.73. The van der Waals surface area contributed by atoms with E-state index in [4.69, 9.17) is 5.73 Å². The number of fused-ring (bicyclic) bond motifs is 1. The van der Waals surface area contributed by atoms with Crippen molar-refractivity contribution < 1.29 is 9.18 Å². The van der Waals surface area contributed by atoms with Crippen LogP contribution in [0.25, 0.3) is 0 Å². The monoisotopic (exact) mass is 250 g/mol. The van der Waals surface area contributed by atoms with Crippen LogP contribution in [0.4, 0.5) is 10.1 Å². The van der Waals surface area contributed by atoms with Crippen molar-refractivity contribution >= 4 is 11.6 Å². The fraction of sp³-hybridized carbons (Fsp3) is 0.500. The molecule has 1 heterocycles. The van der Waals surface area contributed by atoms with Crippen molar-refractivity contribution in [2.45, 2.75) is 38.5 Å². The van der Waals surface area contributed by atoms with Crippen molar-refractivity contribution in [2.75, 3.05) is 11.9 Å². The zero-order chi connectivity index (χ0) is 13.1. The SMILES string of the molecule is CCC1C(=O)Nc2c(CCCCN)cc(F)cc21. The van der Waals surface area contributed by atoms with Gasteiger partial charge in [-0.3, -0.25) is 4.79 Å². The van der Waals surface area contributed by atoms with Crippen LogP contribution in [0.15, 0.2) is 12.1 Å². The third-order valence-corrected chi connectivity index (χ3v) is 3.46. The van der Waals surface area contributed by atoms with Crippen LogP contribution in [0, 0.1) is 5.82 Å². The third kappa shape index (κ3) is 2.38. The van der Waals surface area contributed by atoms with Gasteiger partial charge in [-0.1, -0.05) is 6.92 Å². The number of halogens is 1. The molecule has 1 aliphatic heterocycles. The van der Waals surface area contributed by atoms with E-state index in [9.17, 15) is 9.18 Å². The molecule has 1 amide bonds. The smallest absolute Gasteiger partial charge is 0.232 e. The van der Waals surface area contributed by atoms with Gasteiger partial charge in [0.05, 0.1) is 5.92 Å². The van der Waals surface area contributed by atoms with Crippen molar-refractivity contribution in [1.82, 2.24) is 0 Å². The number of hydrogen-bond donors (Lipinski definition) is 2. The first-order chi connectivity index (χ1) is 8.67. The lowest BCUT2D eigenvalue weighted by atomic mass is 9.94. The summed E-state index contributed by atoms with van der Waals surface area (Å²) < 4.78 is 13.6. The largest absolute Gasteiger partial charge is 0.330 e. The molecule has 1 atom stereocenters. The Labute approximate surface area is 107 Å². The van der Waals surface area contributed by atoms with Crippen LogP contribution in [0.3, 0.4) is 0 Å². The molecule has 98 valence electrons. The highest BCUT2D eigenvalue weighted by Gasteiger charge is 2.31. The zero-order valence-electron chi connectivity index (χ0n) is 10.6. The Balaban J connectivity index is 2.30. The van der Waals surface area contributed by atoms with E-state index in [1.807, 2.05) is 6.92 Å². The predicted molar refractivity (Wildman–Crippen MR) is 70.1 cm³/mol. The number of benzene rings is 1. The van der Waals surface area contributed by atoms with Crippen LogP contribution in [0.1, 0.15) is 43.2 Å². The zero-order valence-corrected chi connectivity index (χ0v) is 10.6. The molecule has 0 bridgehead atoms. The summed E-state index contributed by atoms with van der Waals surface area (Å²) in [5.41, 5.74) is 7.98. The van der Waals surface area contributed by atoms with E-state index < -0.39 is 0 Å². The maximum atomic E-state index is 13.6. The Morgan fingerprint density at radius 1 is 1.39 bits per heavy atom. The molecule has 0 fully saturated rings. The number of rotatable bonds is 5. The van der Waals surface area contributed by atoms with Gasteiger partial charge < -0.3 is 11.1 Å². The first-order valence-corrected chi connectivity index (χ1v) is 6.50. The lowest BCUT2D eigenvalue weighted by Gasteiger charge is -2.09. The summed E-state index contributed by atoms with van der Waals surface area (Å²) in [5.74, 6) is -0.478. The Bertz CT molecular complexity index is 459. The van der Waals surface area contributed by atoms with Crippen LogP contribution >= 0.6 is 0 Å². The number of carbonyl (C=O) groups excluding carboxylic acids is 1. The first kappa shape index (κ1) is 13.0. The summed E-state index contributed by atoms with van der Waals surface area (Å²) in [7, 11) is 0. The summed E-state index contributed by atoms with van der Waals surface area (Å²) in [4.78, 5) is 11.8. The molecule has 4 heteroatoms. The molecule has 1 aromatic carbocycles. The standard InChI is InChI=1S/C14H19FN2O/c1-2-11-12-8-10(15)7-9(5-3-4-6-16)13(12)17-14(11)18/h7-8,11H,2-6,16H2,1H3,(H,17,18). The molecule has 1 unspecified atom stereocenters. The summed E-state index contributed by atoms with van der Waals surface area (Å²) in [6.07, 6.45) is 3.29. The highest BCUT2D eigenvalue weighted by molar-refractivity contribution is 6.03. The lowest BCUT2D eigenvalue weighted by molar-refractivity contribution is -0.117. The predicted octanol–water partition coefficient (Wildman–Crippen LogP) is 2.55. The van der Waals surface area contributed by atoms with E-state index in [1.165, 1.54) is 12.1 Å². The van der Waals surface area contributed by atoms with Crippen molar-refractivity contribution in [3.8, 4) is 0 Å². The maximum absolute atomic E-state index is 13.6. The normalized spacial score (nSPS) is 17.7. The maximum Gasteiger partial charge on any atom is 0.232 e. The van der Waals surface area contributed by atoms with E-state index in [-0.39, 0.29) is 17.6 Å². The number of carbonyl (C=O) groups is 1. The quantitative estimate of drug-likeness (QED) is 0.789. The van der Waals surface area contributed by atoms with Gasteiger partial charge in [0, 0.05) is 5.69 Å². The number of unbranched alkanes of at least 4 members (excludes halogenated alkanes) is 1. The lowest BCUT2D eigenvalue weighted by Crippen LogP contribution is -2.11. The molecular formula is C14H19FN2O. The highest BCUT2D eigenvalue weighted by Crippen LogP contribution is 2.38. The summed E-state index contributed by atoms with van der Waals surface area (Å²) in [6.45, 7) is 2.58. The van der Waals surface area contributed by atoms with Crippen molar-refractivity contribution in [2.24, 2.45) is 5.73 Å². The van der Waals surface area contributed by atoms with Gasteiger partial charge in [0.1, 0.15) is 5.82 Å². The molecule has 3 N–H and O–H groups in total. The van der Waals surface area contributed by atoms with E-state index in [0.29, 0.717) is 13.0 Å². The highest BCUT2D eigenvalue weighted by atomic mass is 19.1. The molecule has 0 saturated carbocycles. The van der Waals surface area contributed by atoms with Crippen LogP contribution in [0.2, 0.25) is 0 Å². The molecule has 18 heavy (non-hydrogen) atoms.